The zero-order chi connectivity index (χ0) is 12.6. The normalized spacial score (nSPS) is 19.8. The van der Waals surface area contributed by atoms with Crippen molar-refractivity contribution in [3.05, 3.63) is 0 Å². The highest BCUT2D eigenvalue weighted by Gasteiger charge is 2.32. The average molecular weight is 242 g/mol. The lowest BCUT2D eigenvalue weighted by Gasteiger charge is -2.40. The summed E-state index contributed by atoms with van der Waals surface area (Å²) in [4.78, 5) is 2.29. The molecule has 1 aliphatic carbocycles. The van der Waals surface area contributed by atoms with Crippen molar-refractivity contribution in [1.82, 2.24) is 10.2 Å². The molecule has 102 valence electrons. The first-order chi connectivity index (χ1) is 8.22. The Bertz CT molecular complexity index is 191. The summed E-state index contributed by atoms with van der Waals surface area (Å²) in [6.45, 7) is 6.70. The monoisotopic (exact) mass is 242 g/mol. The largest absolute Gasteiger partial charge is 0.395 e. The Morgan fingerprint density at radius 2 is 1.94 bits per heavy atom. The van der Waals surface area contributed by atoms with Crippen molar-refractivity contribution >= 4 is 0 Å². The van der Waals surface area contributed by atoms with Crippen molar-refractivity contribution < 1.29 is 5.11 Å². The molecule has 0 aliphatic heterocycles. The van der Waals surface area contributed by atoms with Gasteiger partial charge in [0.2, 0.25) is 0 Å². The van der Waals surface area contributed by atoms with Crippen molar-refractivity contribution in [3.63, 3.8) is 0 Å². The van der Waals surface area contributed by atoms with Crippen LogP contribution in [-0.2, 0) is 0 Å². The predicted octanol–water partition coefficient (Wildman–Crippen LogP) is 1.86. The summed E-state index contributed by atoms with van der Waals surface area (Å²) >= 11 is 0. The van der Waals surface area contributed by atoms with E-state index in [1.165, 1.54) is 38.5 Å². The van der Waals surface area contributed by atoms with E-state index in [1.807, 2.05) is 0 Å². The lowest BCUT2D eigenvalue weighted by Crippen LogP contribution is -2.45. The van der Waals surface area contributed by atoms with E-state index in [2.05, 4.69) is 24.2 Å². The lowest BCUT2D eigenvalue weighted by molar-refractivity contribution is 0.105. The third-order valence-corrected chi connectivity index (χ3v) is 3.93. The molecule has 17 heavy (non-hydrogen) atoms. The first-order valence-electron chi connectivity index (χ1n) is 7.22. The molecule has 1 saturated carbocycles. The Kier molecular flexibility index (Phi) is 7.09. The van der Waals surface area contributed by atoms with Gasteiger partial charge in [-0.3, -0.25) is 0 Å². The van der Waals surface area contributed by atoms with E-state index in [1.54, 1.807) is 0 Å². The number of hydrogen-bond donors (Lipinski definition) is 2. The van der Waals surface area contributed by atoms with Gasteiger partial charge in [-0.15, -0.1) is 0 Å². The van der Waals surface area contributed by atoms with Gasteiger partial charge in [0.05, 0.1) is 6.61 Å². The highest BCUT2D eigenvalue weighted by atomic mass is 16.3. The molecule has 0 amide bonds. The van der Waals surface area contributed by atoms with Gasteiger partial charge in [0.15, 0.2) is 0 Å². The molecule has 1 rings (SSSR count). The maximum absolute atomic E-state index is 9.01. The summed E-state index contributed by atoms with van der Waals surface area (Å²) in [7, 11) is 2.13. The first-order valence-corrected chi connectivity index (χ1v) is 7.22. The molecular weight excluding hydrogens is 212 g/mol. The molecule has 0 bridgehead atoms. The minimum absolute atomic E-state index is 0.273. The molecular formula is C14H30N2O. The second kappa shape index (κ2) is 8.06. The molecule has 3 nitrogen and oxygen atoms in total. The molecule has 0 unspecified atom stereocenters. The Morgan fingerprint density at radius 3 is 2.53 bits per heavy atom. The molecule has 0 radical (unpaired) electrons. The molecule has 0 aromatic carbocycles. The number of hydrogen-bond acceptors (Lipinski definition) is 3. The van der Waals surface area contributed by atoms with Crippen LogP contribution in [0.3, 0.4) is 0 Å². The van der Waals surface area contributed by atoms with Crippen LogP contribution in [0.2, 0.25) is 0 Å². The summed E-state index contributed by atoms with van der Waals surface area (Å²) < 4.78 is 0. The van der Waals surface area contributed by atoms with E-state index in [9.17, 15) is 0 Å². The third-order valence-electron chi connectivity index (χ3n) is 3.93. The van der Waals surface area contributed by atoms with Gasteiger partial charge < -0.3 is 15.3 Å². The van der Waals surface area contributed by atoms with Crippen LogP contribution in [-0.4, -0.2) is 49.8 Å². The van der Waals surface area contributed by atoms with Gasteiger partial charge in [-0.2, -0.15) is 0 Å². The van der Waals surface area contributed by atoms with Crippen molar-refractivity contribution in [2.24, 2.45) is 5.41 Å². The molecule has 2 N–H and O–H groups in total. The number of likely N-dealkylation sites (N-methyl/N-ethyl adjacent to an activating group) is 1. The van der Waals surface area contributed by atoms with Crippen LogP contribution < -0.4 is 5.32 Å². The minimum atomic E-state index is 0.273. The molecule has 3 heteroatoms. The topological polar surface area (TPSA) is 35.5 Å². The van der Waals surface area contributed by atoms with Gasteiger partial charge in [-0.05, 0) is 38.3 Å². The van der Waals surface area contributed by atoms with Crippen LogP contribution in [0.25, 0.3) is 0 Å². The zero-order valence-electron chi connectivity index (χ0n) is 11.7. The minimum Gasteiger partial charge on any atom is -0.395 e. The first kappa shape index (κ1) is 14.9. The second-order valence-electron chi connectivity index (χ2n) is 5.70. The van der Waals surface area contributed by atoms with Crippen molar-refractivity contribution in [1.29, 1.82) is 0 Å². The van der Waals surface area contributed by atoms with Crippen LogP contribution in [0.5, 0.6) is 0 Å². The predicted molar refractivity (Wildman–Crippen MR) is 73.3 cm³/mol. The maximum Gasteiger partial charge on any atom is 0.0558 e. The summed E-state index contributed by atoms with van der Waals surface area (Å²) in [5, 5.41) is 12.6. The SMILES string of the molecule is CCCNCC1(CN(C)CCO)CCCCC1. The van der Waals surface area contributed by atoms with E-state index in [-0.39, 0.29) is 6.61 Å². The fraction of sp³-hybridized carbons (Fsp3) is 1.00. The molecule has 0 saturated heterocycles. The fourth-order valence-corrected chi connectivity index (χ4v) is 3.05. The molecule has 1 aliphatic rings. The van der Waals surface area contributed by atoms with Crippen molar-refractivity contribution in [2.75, 3.05) is 39.8 Å². The molecule has 0 aromatic rings. The van der Waals surface area contributed by atoms with Gasteiger partial charge >= 0.3 is 0 Å². The number of nitrogens with one attached hydrogen (secondary N) is 1. The molecule has 1 fully saturated rings. The Hall–Kier alpha value is -0.120. The molecule has 0 spiro atoms. The summed E-state index contributed by atoms with van der Waals surface area (Å²) in [5.41, 5.74) is 0.456. The quantitative estimate of drug-likeness (QED) is 0.638. The fourth-order valence-electron chi connectivity index (χ4n) is 3.05. The molecule has 0 atom stereocenters. The van der Waals surface area contributed by atoms with E-state index in [0.29, 0.717) is 5.41 Å². The third kappa shape index (κ3) is 5.36. The van der Waals surface area contributed by atoms with E-state index < -0.39 is 0 Å². The van der Waals surface area contributed by atoms with Gasteiger partial charge in [-0.1, -0.05) is 26.2 Å². The number of aliphatic hydroxyl groups is 1. The average Bonchev–Trinajstić information content (AvgIpc) is 2.30. The summed E-state index contributed by atoms with van der Waals surface area (Å²) in [5.74, 6) is 0. The second-order valence-corrected chi connectivity index (χ2v) is 5.70. The molecule has 0 heterocycles. The summed E-state index contributed by atoms with van der Waals surface area (Å²) in [6, 6.07) is 0. The highest BCUT2D eigenvalue weighted by Crippen LogP contribution is 2.36. The Morgan fingerprint density at radius 1 is 1.24 bits per heavy atom. The molecule has 0 aromatic heterocycles. The summed E-state index contributed by atoms with van der Waals surface area (Å²) in [6.07, 6.45) is 8.06. The van der Waals surface area contributed by atoms with Crippen LogP contribution in [0.1, 0.15) is 45.4 Å². The Labute approximate surface area is 107 Å². The highest BCUT2D eigenvalue weighted by molar-refractivity contribution is 4.87. The maximum atomic E-state index is 9.01. The van der Waals surface area contributed by atoms with E-state index in [4.69, 9.17) is 5.11 Å². The van der Waals surface area contributed by atoms with Crippen LogP contribution in [0, 0.1) is 5.41 Å². The standard InChI is InChI=1S/C14H30N2O/c1-3-9-15-12-14(7-5-4-6-8-14)13-16(2)10-11-17/h15,17H,3-13H2,1-2H3. The number of nitrogens with zero attached hydrogens (tertiary/aromatic N) is 1. The number of rotatable bonds is 8. The van der Waals surface area contributed by atoms with Crippen molar-refractivity contribution in [3.8, 4) is 0 Å². The van der Waals surface area contributed by atoms with Gasteiger partial charge in [0.1, 0.15) is 0 Å². The number of aliphatic hydroxyl groups excluding tert-OH is 1. The van der Waals surface area contributed by atoms with Crippen LogP contribution in [0.15, 0.2) is 0 Å². The Balaban J connectivity index is 2.45. The van der Waals surface area contributed by atoms with E-state index in [0.717, 1.165) is 26.2 Å². The van der Waals surface area contributed by atoms with Gasteiger partial charge in [0.25, 0.3) is 0 Å². The van der Waals surface area contributed by atoms with Crippen molar-refractivity contribution in [2.45, 2.75) is 45.4 Å². The van der Waals surface area contributed by atoms with Gasteiger partial charge in [0, 0.05) is 19.6 Å². The smallest absolute Gasteiger partial charge is 0.0558 e. The van der Waals surface area contributed by atoms with Crippen LogP contribution in [0.4, 0.5) is 0 Å². The lowest BCUT2D eigenvalue weighted by atomic mass is 9.73. The zero-order valence-corrected chi connectivity index (χ0v) is 11.7. The van der Waals surface area contributed by atoms with Gasteiger partial charge in [-0.25, -0.2) is 0 Å². The van der Waals surface area contributed by atoms with Crippen LogP contribution >= 0.6 is 0 Å². The van der Waals surface area contributed by atoms with E-state index >= 15 is 0 Å².